The molecule has 0 aliphatic heterocycles. The standard InChI is InChI=1S/C16H22N2S/c1-3-4-5-6-11-17-15-9-7-14(8-10-15)16-12-19-13(2)18-16/h7-10,12,17H,3-6,11H2,1-2H3. The van der Waals surface area contributed by atoms with Crippen molar-refractivity contribution in [3.05, 3.63) is 34.7 Å². The number of thiazole rings is 1. The first-order valence-corrected chi connectivity index (χ1v) is 7.94. The maximum atomic E-state index is 4.50. The van der Waals surface area contributed by atoms with Gasteiger partial charge in [0.1, 0.15) is 0 Å². The molecule has 3 heteroatoms. The van der Waals surface area contributed by atoms with Crippen LogP contribution in [0.5, 0.6) is 0 Å². The summed E-state index contributed by atoms with van der Waals surface area (Å²) in [6.07, 6.45) is 5.20. The van der Waals surface area contributed by atoms with Gasteiger partial charge >= 0.3 is 0 Å². The number of anilines is 1. The first-order valence-electron chi connectivity index (χ1n) is 7.06. The van der Waals surface area contributed by atoms with Crippen LogP contribution in [0.15, 0.2) is 29.6 Å². The number of aromatic nitrogens is 1. The Morgan fingerprint density at radius 1 is 1.11 bits per heavy atom. The van der Waals surface area contributed by atoms with Crippen molar-refractivity contribution >= 4 is 17.0 Å². The largest absolute Gasteiger partial charge is 0.385 e. The van der Waals surface area contributed by atoms with Gasteiger partial charge in [0.15, 0.2) is 0 Å². The first-order chi connectivity index (χ1) is 9.29. The van der Waals surface area contributed by atoms with E-state index < -0.39 is 0 Å². The van der Waals surface area contributed by atoms with E-state index >= 15 is 0 Å². The van der Waals surface area contributed by atoms with Gasteiger partial charge in [0.25, 0.3) is 0 Å². The van der Waals surface area contributed by atoms with Gasteiger partial charge in [-0.2, -0.15) is 0 Å². The minimum Gasteiger partial charge on any atom is -0.385 e. The summed E-state index contributed by atoms with van der Waals surface area (Å²) in [4.78, 5) is 4.50. The fourth-order valence-electron chi connectivity index (χ4n) is 2.04. The third-order valence-electron chi connectivity index (χ3n) is 3.16. The highest BCUT2D eigenvalue weighted by Gasteiger charge is 2.01. The molecule has 0 spiro atoms. The van der Waals surface area contributed by atoms with Gasteiger partial charge in [-0.1, -0.05) is 38.3 Å². The second kappa shape index (κ2) is 7.29. The Labute approximate surface area is 119 Å². The second-order valence-electron chi connectivity index (χ2n) is 4.82. The van der Waals surface area contributed by atoms with Crippen molar-refractivity contribution in [3.63, 3.8) is 0 Å². The van der Waals surface area contributed by atoms with Crippen LogP contribution in [0.3, 0.4) is 0 Å². The first kappa shape index (κ1) is 14.1. The number of nitrogens with one attached hydrogen (secondary N) is 1. The van der Waals surface area contributed by atoms with E-state index in [9.17, 15) is 0 Å². The van der Waals surface area contributed by atoms with Gasteiger partial charge in [-0.3, -0.25) is 0 Å². The van der Waals surface area contributed by atoms with E-state index in [2.05, 4.69) is 46.9 Å². The summed E-state index contributed by atoms with van der Waals surface area (Å²) in [7, 11) is 0. The zero-order chi connectivity index (χ0) is 13.5. The molecule has 0 atom stereocenters. The Morgan fingerprint density at radius 2 is 1.89 bits per heavy atom. The number of hydrogen-bond acceptors (Lipinski definition) is 3. The zero-order valence-electron chi connectivity index (χ0n) is 11.8. The van der Waals surface area contributed by atoms with Gasteiger partial charge in [-0.25, -0.2) is 4.98 Å². The molecule has 0 aliphatic rings. The minimum atomic E-state index is 1.06. The third kappa shape index (κ3) is 4.35. The summed E-state index contributed by atoms with van der Waals surface area (Å²) in [5.41, 5.74) is 3.48. The predicted octanol–water partition coefficient (Wildman–Crippen LogP) is 5.11. The van der Waals surface area contributed by atoms with Gasteiger partial charge < -0.3 is 5.32 Å². The fourth-order valence-corrected chi connectivity index (χ4v) is 2.66. The highest BCUT2D eigenvalue weighted by molar-refractivity contribution is 7.09. The maximum absolute atomic E-state index is 4.50. The highest BCUT2D eigenvalue weighted by Crippen LogP contribution is 2.23. The molecule has 2 nitrogen and oxygen atoms in total. The Bertz CT molecular complexity index is 488. The Morgan fingerprint density at radius 3 is 2.53 bits per heavy atom. The molecule has 0 saturated carbocycles. The molecule has 0 saturated heterocycles. The lowest BCUT2D eigenvalue weighted by Gasteiger charge is -2.06. The topological polar surface area (TPSA) is 24.9 Å². The molecule has 2 rings (SSSR count). The van der Waals surface area contributed by atoms with Gasteiger partial charge in [0.05, 0.1) is 10.7 Å². The van der Waals surface area contributed by atoms with Crippen LogP contribution < -0.4 is 5.32 Å². The minimum absolute atomic E-state index is 1.06. The van der Waals surface area contributed by atoms with Crippen LogP contribution in [0.4, 0.5) is 5.69 Å². The Hall–Kier alpha value is -1.35. The molecule has 19 heavy (non-hydrogen) atoms. The number of nitrogens with zero attached hydrogens (tertiary/aromatic N) is 1. The number of benzene rings is 1. The normalized spacial score (nSPS) is 10.6. The predicted molar refractivity (Wildman–Crippen MR) is 84.9 cm³/mol. The molecule has 0 radical (unpaired) electrons. The Balaban J connectivity index is 1.85. The van der Waals surface area contributed by atoms with Crippen LogP contribution in [-0.2, 0) is 0 Å². The summed E-state index contributed by atoms with van der Waals surface area (Å²) in [6, 6.07) is 8.57. The molecule has 1 N–H and O–H groups in total. The van der Waals surface area contributed by atoms with Crippen LogP contribution in [-0.4, -0.2) is 11.5 Å². The van der Waals surface area contributed by atoms with Crippen molar-refractivity contribution in [1.29, 1.82) is 0 Å². The van der Waals surface area contributed by atoms with Gasteiger partial charge in [-0.15, -0.1) is 11.3 Å². The van der Waals surface area contributed by atoms with E-state index in [1.165, 1.54) is 36.9 Å². The molecule has 0 bridgehead atoms. The van der Waals surface area contributed by atoms with Gasteiger partial charge in [0.2, 0.25) is 0 Å². The number of unbranched alkanes of at least 4 members (excludes halogenated alkanes) is 3. The summed E-state index contributed by atoms with van der Waals surface area (Å²) < 4.78 is 0. The van der Waals surface area contributed by atoms with Crippen molar-refractivity contribution in [2.45, 2.75) is 39.5 Å². The van der Waals surface area contributed by atoms with Crippen molar-refractivity contribution in [3.8, 4) is 11.3 Å². The Kier molecular flexibility index (Phi) is 5.40. The molecule has 0 fully saturated rings. The van der Waals surface area contributed by atoms with E-state index in [4.69, 9.17) is 0 Å². The molecule has 1 heterocycles. The molecule has 0 amide bonds. The number of rotatable bonds is 7. The van der Waals surface area contributed by atoms with Crippen LogP contribution in [0.25, 0.3) is 11.3 Å². The quantitative estimate of drug-likeness (QED) is 0.710. The van der Waals surface area contributed by atoms with E-state index in [0.717, 1.165) is 17.2 Å². The zero-order valence-corrected chi connectivity index (χ0v) is 12.6. The van der Waals surface area contributed by atoms with E-state index in [0.29, 0.717) is 0 Å². The lowest BCUT2D eigenvalue weighted by molar-refractivity contribution is 0.685. The monoisotopic (exact) mass is 274 g/mol. The maximum Gasteiger partial charge on any atom is 0.0901 e. The average Bonchev–Trinajstić information content (AvgIpc) is 2.86. The SMILES string of the molecule is CCCCCCNc1ccc(-c2csc(C)n2)cc1. The van der Waals surface area contributed by atoms with E-state index in [1.807, 2.05) is 6.92 Å². The lowest BCUT2D eigenvalue weighted by atomic mass is 10.1. The highest BCUT2D eigenvalue weighted by atomic mass is 32.1. The molecule has 102 valence electrons. The molecule has 0 unspecified atom stereocenters. The smallest absolute Gasteiger partial charge is 0.0901 e. The van der Waals surface area contributed by atoms with Gasteiger partial charge in [-0.05, 0) is 25.5 Å². The third-order valence-corrected chi connectivity index (χ3v) is 3.93. The molecule has 1 aromatic carbocycles. The molecular formula is C16H22N2S. The van der Waals surface area contributed by atoms with Crippen LogP contribution in [0.2, 0.25) is 0 Å². The molecular weight excluding hydrogens is 252 g/mol. The molecule has 0 aliphatic carbocycles. The van der Waals surface area contributed by atoms with E-state index in [1.54, 1.807) is 11.3 Å². The molecule has 1 aromatic heterocycles. The van der Waals surface area contributed by atoms with Crippen molar-refractivity contribution in [2.24, 2.45) is 0 Å². The summed E-state index contributed by atoms with van der Waals surface area (Å²) >= 11 is 1.70. The summed E-state index contributed by atoms with van der Waals surface area (Å²) in [5, 5.41) is 6.70. The fraction of sp³-hybridized carbons (Fsp3) is 0.438. The lowest BCUT2D eigenvalue weighted by Crippen LogP contribution is -2.00. The number of hydrogen-bond donors (Lipinski definition) is 1. The van der Waals surface area contributed by atoms with E-state index in [-0.39, 0.29) is 0 Å². The summed E-state index contributed by atoms with van der Waals surface area (Å²) in [5.74, 6) is 0. The van der Waals surface area contributed by atoms with Crippen molar-refractivity contribution < 1.29 is 0 Å². The summed E-state index contributed by atoms with van der Waals surface area (Å²) in [6.45, 7) is 5.35. The average molecular weight is 274 g/mol. The van der Waals surface area contributed by atoms with Crippen LogP contribution >= 0.6 is 11.3 Å². The number of aryl methyl sites for hydroxylation is 1. The van der Waals surface area contributed by atoms with Crippen molar-refractivity contribution in [2.75, 3.05) is 11.9 Å². The van der Waals surface area contributed by atoms with Crippen LogP contribution in [0, 0.1) is 6.92 Å². The van der Waals surface area contributed by atoms with Crippen LogP contribution in [0.1, 0.15) is 37.6 Å². The van der Waals surface area contributed by atoms with Crippen molar-refractivity contribution in [1.82, 2.24) is 4.98 Å². The van der Waals surface area contributed by atoms with Gasteiger partial charge in [0, 0.05) is 23.2 Å². The molecule has 2 aromatic rings. The second-order valence-corrected chi connectivity index (χ2v) is 5.88.